The SMILES string of the molecule is CCC(NCC(O)COc1ccc(S(C)(=O)=O)cc1)Oc1ccccc1. The van der Waals surface area contributed by atoms with E-state index in [1.807, 2.05) is 37.3 Å². The van der Waals surface area contributed by atoms with Crippen molar-refractivity contribution in [2.75, 3.05) is 19.4 Å². The quantitative estimate of drug-likeness (QED) is 0.616. The average Bonchev–Trinajstić information content (AvgIpc) is 2.64. The minimum atomic E-state index is -3.23. The largest absolute Gasteiger partial charge is 0.491 e. The molecule has 2 unspecified atom stereocenters. The highest BCUT2D eigenvalue weighted by Gasteiger charge is 2.12. The summed E-state index contributed by atoms with van der Waals surface area (Å²) in [6.45, 7) is 2.40. The molecule has 2 aromatic carbocycles. The van der Waals surface area contributed by atoms with Gasteiger partial charge in [-0.1, -0.05) is 25.1 Å². The normalized spacial score (nSPS) is 13.8. The van der Waals surface area contributed by atoms with E-state index >= 15 is 0 Å². The van der Waals surface area contributed by atoms with Gasteiger partial charge in [-0.15, -0.1) is 0 Å². The van der Waals surface area contributed by atoms with Gasteiger partial charge in [0.1, 0.15) is 30.4 Å². The summed E-state index contributed by atoms with van der Waals surface area (Å²) in [5, 5.41) is 13.2. The second-order valence-corrected chi connectivity index (χ2v) is 7.96. The number of ether oxygens (including phenoxy) is 2. The van der Waals surface area contributed by atoms with Crippen molar-refractivity contribution in [3.05, 3.63) is 54.6 Å². The molecule has 0 spiro atoms. The molecular weight excluding hydrogens is 354 g/mol. The maximum absolute atomic E-state index is 11.4. The van der Waals surface area contributed by atoms with Gasteiger partial charge < -0.3 is 14.6 Å². The minimum Gasteiger partial charge on any atom is -0.491 e. The van der Waals surface area contributed by atoms with Gasteiger partial charge in [0.25, 0.3) is 0 Å². The van der Waals surface area contributed by atoms with Crippen LogP contribution in [0.5, 0.6) is 11.5 Å². The zero-order valence-corrected chi connectivity index (χ0v) is 15.8. The summed E-state index contributed by atoms with van der Waals surface area (Å²) < 4.78 is 34.1. The van der Waals surface area contributed by atoms with Crippen molar-refractivity contribution < 1.29 is 23.0 Å². The monoisotopic (exact) mass is 379 g/mol. The molecule has 0 aromatic heterocycles. The molecule has 2 aromatic rings. The molecule has 0 fully saturated rings. The number of para-hydroxylation sites is 1. The fourth-order valence-corrected chi connectivity index (χ4v) is 2.87. The smallest absolute Gasteiger partial charge is 0.175 e. The van der Waals surface area contributed by atoms with Gasteiger partial charge >= 0.3 is 0 Å². The van der Waals surface area contributed by atoms with Crippen molar-refractivity contribution in [1.29, 1.82) is 0 Å². The number of rotatable bonds is 10. The van der Waals surface area contributed by atoms with Gasteiger partial charge in [-0.25, -0.2) is 8.42 Å². The van der Waals surface area contributed by atoms with Gasteiger partial charge in [0.15, 0.2) is 9.84 Å². The Morgan fingerprint density at radius 1 is 1.04 bits per heavy atom. The summed E-state index contributed by atoms with van der Waals surface area (Å²) in [4.78, 5) is 0.232. The molecule has 142 valence electrons. The zero-order chi connectivity index (χ0) is 19.0. The Kier molecular flexibility index (Phi) is 7.44. The van der Waals surface area contributed by atoms with E-state index in [1.165, 1.54) is 12.1 Å². The molecule has 0 aliphatic rings. The third-order valence-electron chi connectivity index (χ3n) is 3.67. The van der Waals surface area contributed by atoms with Crippen LogP contribution >= 0.6 is 0 Å². The average molecular weight is 379 g/mol. The van der Waals surface area contributed by atoms with E-state index in [0.717, 1.165) is 18.4 Å². The lowest BCUT2D eigenvalue weighted by molar-refractivity contribution is 0.0814. The highest BCUT2D eigenvalue weighted by atomic mass is 32.2. The Bertz CT molecular complexity index is 762. The molecule has 0 bridgehead atoms. The Morgan fingerprint density at radius 2 is 1.69 bits per heavy atom. The van der Waals surface area contributed by atoms with Crippen LogP contribution in [0.3, 0.4) is 0 Å². The molecule has 2 rings (SSSR count). The summed E-state index contributed by atoms with van der Waals surface area (Å²) in [6, 6.07) is 15.6. The lowest BCUT2D eigenvalue weighted by Crippen LogP contribution is -2.40. The van der Waals surface area contributed by atoms with Crippen LogP contribution < -0.4 is 14.8 Å². The maximum atomic E-state index is 11.4. The van der Waals surface area contributed by atoms with E-state index in [2.05, 4.69) is 5.32 Å². The number of hydrogen-bond acceptors (Lipinski definition) is 6. The lowest BCUT2D eigenvalue weighted by atomic mass is 10.3. The third kappa shape index (κ3) is 6.67. The molecule has 6 nitrogen and oxygen atoms in total. The standard InChI is InChI=1S/C19H25NO5S/c1-3-19(25-17-7-5-4-6-8-17)20-13-15(21)14-24-16-9-11-18(12-10-16)26(2,22)23/h4-12,15,19-21H,3,13-14H2,1-2H3. The van der Waals surface area contributed by atoms with Crippen LogP contribution in [0.2, 0.25) is 0 Å². The summed E-state index contributed by atoms with van der Waals surface area (Å²) in [5.41, 5.74) is 0. The van der Waals surface area contributed by atoms with Crippen LogP contribution in [-0.4, -0.2) is 45.3 Å². The van der Waals surface area contributed by atoms with E-state index < -0.39 is 15.9 Å². The Hall–Kier alpha value is -2.09. The van der Waals surface area contributed by atoms with Crippen LogP contribution in [0.1, 0.15) is 13.3 Å². The fraction of sp³-hybridized carbons (Fsp3) is 0.368. The molecule has 0 heterocycles. The summed E-state index contributed by atoms with van der Waals surface area (Å²) >= 11 is 0. The molecule has 7 heteroatoms. The van der Waals surface area contributed by atoms with Crippen LogP contribution in [0.15, 0.2) is 59.5 Å². The highest BCUT2D eigenvalue weighted by Crippen LogP contribution is 2.16. The zero-order valence-electron chi connectivity index (χ0n) is 15.0. The van der Waals surface area contributed by atoms with Crippen molar-refractivity contribution >= 4 is 9.84 Å². The molecule has 0 aliphatic heterocycles. The predicted molar refractivity (Wildman–Crippen MR) is 100 cm³/mol. The maximum Gasteiger partial charge on any atom is 0.175 e. The van der Waals surface area contributed by atoms with E-state index in [1.54, 1.807) is 12.1 Å². The van der Waals surface area contributed by atoms with Gasteiger partial charge in [-0.2, -0.15) is 0 Å². The van der Waals surface area contributed by atoms with Gasteiger partial charge in [-0.05, 0) is 42.8 Å². The fourth-order valence-electron chi connectivity index (χ4n) is 2.23. The first-order chi connectivity index (χ1) is 12.4. The predicted octanol–water partition coefficient (Wildman–Crippen LogP) is 2.23. The van der Waals surface area contributed by atoms with E-state index in [4.69, 9.17) is 9.47 Å². The minimum absolute atomic E-state index is 0.0903. The molecule has 2 N–H and O–H groups in total. The van der Waals surface area contributed by atoms with Crippen molar-refractivity contribution in [1.82, 2.24) is 5.32 Å². The Balaban J connectivity index is 1.76. The Labute approximate surface area is 154 Å². The van der Waals surface area contributed by atoms with Crippen molar-refractivity contribution in [2.24, 2.45) is 0 Å². The number of sulfone groups is 1. The Morgan fingerprint density at radius 3 is 2.27 bits per heavy atom. The second kappa shape index (κ2) is 9.56. The number of nitrogens with one attached hydrogen (secondary N) is 1. The first kappa shape index (κ1) is 20.2. The van der Waals surface area contributed by atoms with E-state index in [0.29, 0.717) is 12.3 Å². The summed E-state index contributed by atoms with van der Waals surface area (Å²) in [6.07, 6.45) is 0.967. The highest BCUT2D eigenvalue weighted by molar-refractivity contribution is 7.90. The molecule has 0 saturated heterocycles. The molecule has 0 amide bonds. The molecule has 26 heavy (non-hydrogen) atoms. The van der Waals surface area contributed by atoms with E-state index in [-0.39, 0.29) is 17.7 Å². The van der Waals surface area contributed by atoms with Crippen LogP contribution in [-0.2, 0) is 9.84 Å². The summed E-state index contributed by atoms with van der Waals surface area (Å²) in [5.74, 6) is 1.27. The lowest BCUT2D eigenvalue weighted by Gasteiger charge is -2.21. The second-order valence-electron chi connectivity index (χ2n) is 5.94. The van der Waals surface area contributed by atoms with Gasteiger partial charge in [0.2, 0.25) is 0 Å². The molecule has 0 saturated carbocycles. The van der Waals surface area contributed by atoms with Crippen LogP contribution in [0.4, 0.5) is 0 Å². The van der Waals surface area contributed by atoms with Crippen molar-refractivity contribution in [3.8, 4) is 11.5 Å². The number of aliphatic hydroxyl groups is 1. The molecule has 2 atom stereocenters. The third-order valence-corrected chi connectivity index (χ3v) is 4.80. The number of benzene rings is 2. The number of aliphatic hydroxyl groups excluding tert-OH is 1. The first-order valence-electron chi connectivity index (χ1n) is 8.44. The van der Waals surface area contributed by atoms with Gasteiger partial charge in [0.05, 0.1) is 4.90 Å². The molecular formula is C19H25NO5S. The van der Waals surface area contributed by atoms with Gasteiger partial charge in [-0.3, -0.25) is 5.32 Å². The van der Waals surface area contributed by atoms with Crippen LogP contribution in [0.25, 0.3) is 0 Å². The first-order valence-corrected chi connectivity index (χ1v) is 10.3. The molecule has 0 radical (unpaired) electrons. The van der Waals surface area contributed by atoms with E-state index in [9.17, 15) is 13.5 Å². The summed E-state index contributed by atoms with van der Waals surface area (Å²) in [7, 11) is -3.23. The van der Waals surface area contributed by atoms with Crippen molar-refractivity contribution in [2.45, 2.75) is 30.6 Å². The van der Waals surface area contributed by atoms with Crippen molar-refractivity contribution in [3.63, 3.8) is 0 Å². The van der Waals surface area contributed by atoms with Crippen LogP contribution in [0, 0.1) is 0 Å². The molecule has 0 aliphatic carbocycles. The number of hydrogen-bond donors (Lipinski definition) is 2. The van der Waals surface area contributed by atoms with Gasteiger partial charge in [0, 0.05) is 12.8 Å². The topological polar surface area (TPSA) is 84.9 Å².